The summed E-state index contributed by atoms with van der Waals surface area (Å²) in [5, 5.41) is 2.77. The molecule has 0 aliphatic heterocycles. The molecule has 0 aliphatic carbocycles. The van der Waals surface area contributed by atoms with Crippen LogP contribution in [0, 0.1) is 0 Å². The van der Waals surface area contributed by atoms with Crippen LogP contribution in [0.2, 0.25) is 0 Å². The minimum atomic E-state index is -0.583. The normalized spacial score (nSPS) is 12.0. The average molecular weight is 364 g/mol. The summed E-state index contributed by atoms with van der Waals surface area (Å²) in [5.74, 6) is -0.349. The fraction of sp³-hybridized carbons (Fsp3) is 0.273. The molecule has 0 spiro atoms. The third-order valence-corrected chi connectivity index (χ3v) is 4.57. The van der Waals surface area contributed by atoms with Gasteiger partial charge >= 0.3 is 0 Å². The van der Waals surface area contributed by atoms with Gasteiger partial charge in [0.25, 0.3) is 11.7 Å². The molecule has 1 atom stereocenters. The van der Waals surface area contributed by atoms with Gasteiger partial charge in [0, 0.05) is 23.3 Å². The number of pyridine rings is 1. The Morgan fingerprint density at radius 2 is 1.85 bits per heavy atom. The maximum atomic E-state index is 13.0. The summed E-state index contributed by atoms with van der Waals surface area (Å²) in [5.41, 5.74) is 2.83. The van der Waals surface area contributed by atoms with Crippen LogP contribution in [0.1, 0.15) is 37.7 Å². The molecule has 0 fully saturated rings. The van der Waals surface area contributed by atoms with Gasteiger partial charge in [-0.15, -0.1) is 0 Å². The number of fused-ring (bicyclic) bond motifs is 1. The first-order valence-electron chi connectivity index (χ1n) is 9.23. The molecule has 0 saturated carbocycles. The molecule has 1 amide bonds. The van der Waals surface area contributed by atoms with Crippen LogP contribution in [0.3, 0.4) is 0 Å². The summed E-state index contributed by atoms with van der Waals surface area (Å²) in [6.07, 6.45) is 2.57. The van der Waals surface area contributed by atoms with Gasteiger partial charge in [0.2, 0.25) is 0 Å². The summed E-state index contributed by atoms with van der Waals surface area (Å²) in [4.78, 5) is 25.5. The van der Waals surface area contributed by atoms with E-state index in [1.165, 1.54) is 0 Å². The highest BCUT2D eigenvalue weighted by Crippen LogP contribution is 2.29. The lowest BCUT2D eigenvalue weighted by atomic mass is 10.0. The molecule has 0 radical (unpaired) electrons. The number of benzene rings is 1. The SMILES string of the molecule is CCOc1ccc(-c2cc3ccccn3c2C(=O)C(=O)N[C@H](C)CC)cc1. The molecule has 2 aromatic heterocycles. The molecule has 1 N–H and O–H groups in total. The van der Waals surface area contributed by atoms with E-state index in [0.29, 0.717) is 12.3 Å². The molecule has 5 heteroatoms. The maximum absolute atomic E-state index is 13.0. The quantitative estimate of drug-likeness (QED) is 0.507. The summed E-state index contributed by atoms with van der Waals surface area (Å²) >= 11 is 0. The Balaban J connectivity index is 2.06. The van der Waals surface area contributed by atoms with E-state index in [2.05, 4.69) is 5.32 Å². The minimum Gasteiger partial charge on any atom is -0.494 e. The number of nitrogens with one attached hydrogen (secondary N) is 1. The van der Waals surface area contributed by atoms with E-state index in [9.17, 15) is 9.59 Å². The predicted molar refractivity (Wildman–Crippen MR) is 106 cm³/mol. The number of rotatable bonds is 7. The zero-order valence-electron chi connectivity index (χ0n) is 15.9. The van der Waals surface area contributed by atoms with Crippen molar-refractivity contribution < 1.29 is 14.3 Å². The van der Waals surface area contributed by atoms with Crippen LogP contribution >= 0.6 is 0 Å². The first-order valence-corrected chi connectivity index (χ1v) is 9.23. The Bertz CT molecular complexity index is 957. The zero-order chi connectivity index (χ0) is 19.4. The first-order chi connectivity index (χ1) is 13.0. The highest BCUT2D eigenvalue weighted by molar-refractivity contribution is 6.43. The second kappa shape index (κ2) is 8.08. The Hall–Kier alpha value is -3.08. The van der Waals surface area contributed by atoms with E-state index in [1.807, 2.05) is 69.3 Å². The summed E-state index contributed by atoms with van der Waals surface area (Å²) in [6.45, 7) is 6.37. The van der Waals surface area contributed by atoms with E-state index in [0.717, 1.165) is 28.8 Å². The van der Waals surface area contributed by atoms with Gasteiger partial charge in [0.05, 0.1) is 6.61 Å². The van der Waals surface area contributed by atoms with Crippen molar-refractivity contribution in [2.75, 3.05) is 6.61 Å². The van der Waals surface area contributed by atoms with Gasteiger partial charge in [-0.2, -0.15) is 0 Å². The van der Waals surface area contributed by atoms with Crippen molar-refractivity contribution in [3.8, 4) is 16.9 Å². The Labute approximate surface area is 159 Å². The molecule has 140 valence electrons. The van der Waals surface area contributed by atoms with Crippen molar-refractivity contribution in [3.63, 3.8) is 0 Å². The van der Waals surface area contributed by atoms with Gasteiger partial charge in [0.15, 0.2) is 0 Å². The van der Waals surface area contributed by atoms with Gasteiger partial charge in [-0.1, -0.05) is 25.1 Å². The Morgan fingerprint density at radius 1 is 1.11 bits per heavy atom. The number of carbonyl (C=O) groups is 2. The van der Waals surface area contributed by atoms with Crippen molar-refractivity contribution in [2.24, 2.45) is 0 Å². The first kappa shape index (κ1) is 18.7. The fourth-order valence-electron chi connectivity index (χ4n) is 2.97. The van der Waals surface area contributed by atoms with Crippen LogP contribution in [0.25, 0.3) is 16.6 Å². The number of nitrogens with zero attached hydrogens (tertiary/aromatic N) is 1. The van der Waals surface area contributed by atoms with Crippen LogP contribution < -0.4 is 10.1 Å². The van der Waals surface area contributed by atoms with E-state index < -0.39 is 11.7 Å². The summed E-state index contributed by atoms with van der Waals surface area (Å²) in [7, 11) is 0. The van der Waals surface area contributed by atoms with Gasteiger partial charge in [-0.25, -0.2) is 0 Å². The summed E-state index contributed by atoms with van der Waals surface area (Å²) in [6, 6.07) is 15.1. The van der Waals surface area contributed by atoms with Crippen LogP contribution in [0.5, 0.6) is 5.75 Å². The predicted octanol–water partition coefficient (Wildman–Crippen LogP) is 4.10. The van der Waals surface area contributed by atoms with Crippen molar-refractivity contribution in [2.45, 2.75) is 33.2 Å². The molecule has 3 rings (SSSR count). The molecular formula is C22H24N2O3. The smallest absolute Gasteiger partial charge is 0.294 e. The highest BCUT2D eigenvalue weighted by atomic mass is 16.5. The molecule has 3 aromatic rings. The third-order valence-electron chi connectivity index (χ3n) is 4.57. The van der Waals surface area contributed by atoms with E-state index >= 15 is 0 Å². The zero-order valence-corrected chi connectivity index (χ0v) is 15.9. The number of Topliss-reactive ketones (excluding diaryl/α,β-unsaturated/α-hetero) is 1. The topological polar surface area (TPSA) is 59.8 Å². The highest BCUT2D eigenvalue weighted by Gasteiger charge is 2.25. The van der Waals surface area contributed by atoms with Gasteiger partial charge in [-0.3, -0.25) is 9.59 Å². The third kappa shape index (κ3) is 3.87. The largest absolute Gasteiger partial charge is 0.494 e. The number of hydrogen-bond donors (Lipinski definition) is 1. The molecule has 0 unspecified atom stereocenters. The van der Waals surface area contributed by atoms with Crippen molar-refractivity contribution in [1.82, 2.24) is 9.72 Å². The van der Waals surface area contributed by atoms with Crippen LogP contribution in [0.15, 0.2) is 54.7 Å². The molecule has 27 heavy (non-hydrogen) atoms. The number of aromatic nitrogens is 1. The summed E-state index contributed by atoms with van der Waals surface area (Å²) < 4.78 is 7.26. The number of ketones is 1. The Kier molecular flexibility index (Phi) is 5.60. The van der Waals surface area contributed by atoms with Crippen LogP contribution in [0.4, 0.5) is 0 Å². The standard InChI is InChI=1S/C22H24N2O3/c1-4-15(3)23-22(26)21(25)20-19(14-17-8-6-7-13-24(17)20)16-9-11-18(12-10-16)27-5-2/h6-15H,4-5H2,1-3H3,(H,23,26)/t15-/m1/s1. The lowest BCUT2D eigenvalue weighted by molar-refractivity contribution is -0.117. The maximum Gasteiger partial charge on any atom is 0.294 e. The molecule has 0 saturated heterocycles. The van der Waals surface area contributed by atoms with E-state index in [1.54, 1.807) is 10.6 Å². The molecule has 0 bridgehead atoms. The van der Waals surface area contributed by atoms with Gasteiger partial charge in [0.1, 0.15) is 11.4 Å². The monoisotopic (exact) mass is 364 g/mol. The fourth-order valence-corrected chi connectivity index (χ4v) is 2.97. The van der Waals surface area contributed by atoms with Crippen LogP contribution in [-0.4, -0.2) is 28.7 Å². The van der Waals surface area contributed by atoms with Crippen molar-refractivity contribution in [3.05, 3.63) is 60.4 Å². The van der Waals surface area contributed by atoms with Crippen LogP contribution in [-0.2, 0) is 4.79 Å². The number of ether oxygens (including phenoxy) is 1. The average Bonchev–Trinajstić information content (AvgIpc) is 3.07. The van der Waals surface area contributed by atoms with Gasteiger partial charge in [-0.05, 0) is 56.2 Å². The van der Waals surface area contributed by atoms with Crippen molar-refractivity contribution >= 4 is 17.2 Å². The lowest BCUT2D eigenvalue weighted by Gasteiger charge is -2.12. The van der Waals surface area contributed by atoms with E-state index in [4.69, 9.17) is 4.74 Å². The molecule has 5 nitrogen and oxygen atoms in total. The minimum absolute atomic E-state index is 0.0541. The molecule has 1 aromatic carbocycles. The second-order valence-electron chi connectivity index (χ2n) is 6.47. The van der Waals surface area contributed by atoms with Gasteiger partial charge < -0.3 is 14.5 Å². The second-order valence-corrected chi connectivity index (χ2v) is 6.47. The number of amides is 1. The molecule has 0 aliphatic rings. The number of carbonyl (C=O) groups excluding carboxylic acids is 2. The van der Waals surface area contributed by atoms with E-state index in [-0.39, 0.29) is 6.04 Å². The molecular weight excluding hydrogens is 340 g/mol. The molecule has 2 heterocycles. The lowest BCUT2D eigenvalue weighted by Crippen LogP contribution is -2.37. The number of hydrogen-bond acceptors (Lipinski definition) is 3. The Morgan fingerprint density at radius 3 is 2.52 bits per heavy atom. The van der Waals surface area contributed by atoms with Crippen molar-refractivity contribution in [1.29, 1.82) is 0 Å².